The molecule has 35 heavy (non-hydrogen) atoms. The van der Waals surface area contributed by atoms with Crippen molar-refractivity contribution in [3.05, 3.63) is 41.6 Å². The fraction of sp³-hybridized carbons (Fsp3) is 0.435. The first-order valence-corrected chi connectivity index (χ1v) is 11.9. The van der Waals surface area contributed by atoms with Crippen LogP contribution in [0.25, 0.3) is 22.4 Å². The Kier molecular flexibility index (Phi) is 4.99. The molecule has 5 heterocycles. The summed E-state index contributed by atoms with van der Waals surface area (Å²) in [6.07, 6.45) is 3.19. The summed E-state index contributed by atoms with van der Waals surface area (Å²) >= 11 is 6.17. The van der Waals surface area contributed by atoms with Crippen molar-refractivity contribution in [2.75, 3.05) is 24.5 Å². The molecule has 11 nitrogen and oxygen atoms in total. The molecular formula is C23H25ClN8O3. The number of amides is 1. The average Bonchev–Trinajstić information content (AvgIpc) is 3.50. The number of hydrogen-bond donors (Lipinski definition) is 0. The molecule has 0 saturated carbocycles. The van der Waals surface area contributed by atoms with Gasteiger partial charge in [-0.1, -0.05) is 17.7 Å². The number of hydrogen-bond acceptors (Lipinski definition) is 8. The van der Waals surface area contributed by atoms with Crippen LogP contribution in [0.1, 0.15) is 32.6 Å². The van der Waals surface area contributed by atoms with Gasteiger partial charge in [0, 0.05) is 37.1 Å². The Morgan fingerprint density at radius 2 is 2.03 bits per heavy atom. The second-order valence-electron chi connectivity index (χ2n) is 9.87. The molecule has 0 radical (unpaired) electrons. The van der Waals surface area contributed by atoms with Gasteiger partial charge in [0.2, 0.25) is 0 Å². The van der Waals surface area contributed by atoms with E-state index in [0.717, 1.165) is 22.3 Å². The van der Waals surface area contributed by atoms with E-state index in [2.05, 4.69) is 20.2 Å². The van der Waals surface area contributed by atoms with Crippen molar-refractivity contribution in [1.29, 1.82) is 0 Å². The normalized spacial score (nSPS) is 16.5. The van der Waals surface area contributed by atoms with Crippen molar-refractivity contribution < 1.29 is 14.1 Å². The summed E-state index contributed by atoms with van der Waals surface area (Å²) in [5.41, 5.74) is 1.24. The van der Waals surface area contributed by atoms with Crippen LogP contribution >= 0.6 is 11.6 Å². The number of carbonyl (C=O) groups excluding carboxylic acids is 1. The topological polar surface area (TPSA) is 107 Å². The summed E-state index contributed by atoms with van der Waals surface area (Å²) in [4.78, 5) is 25.0. The van der Waals surface area contributed by atoms with Gasteiger partial charge in [-0.05, 0) is 38.1 Å². The number of aromatic nitrogens is 6. The molecule has 3 aromatic heterocycles. The van der Waals surface area contributed by atoms with Gasteiger partial charge < -0.3 is 23.6 Å². The highest BCUT2D eigenvalue weighted by atomic mass is 35.5. The van der Waals surface area contributed by atoms with E-state index in [4.69, 9.17) is 20.9 Å². The van der Waals surface area contributed by atoms with Crippen LogP contribution in [0.15, 0.2) is 35.1 Å². The standard InChI is InChI=1S/C23H25ClN8O3/c1-23(2,3)34-22(33)30-11-16(12-30)32-17-8-14(4-5-15(17)9-26-32)20-27-21(28-35-20)29-6-7-31-18(24)10-25-19(31)13-29/h4-5,8-10,16H,6-7,11-13H2,1-3H3. The Bertz CT molecular complexity index is 1410. The summed E-state index contributed by atoms with van der Waals surface area (Å²) in [6, 6.07) is 6.01. The predicted molar refractivity (Wildman–Crippen MR) is 128 cm³/mol. The summed E-state index contributed by atoms with van der Waals surface area (Å²) in [5, 5.41) is 10.4. The second-order valence-corrected chi connectivity index (χ2v) is 10.3. The minimum absolute atomic E-state index is 0.0810. The van der Waals surface area contributed by atoms with Crippen LogP contribution in [0.2, 0.25) is 5.15 Å². The van der Waals surface area contributed by atoms with Gasteiger partial charge in [0.05, 0.1) is 30.5 Å². The number of carbonyl (C=O) groups is 1. The van der Waals surface area contributed by atoms with Crippen molar-refractivity contribution in [2.45, 2.75) is 45.5 Å². The van der Waals surface area contributed by atoms with E-state index in [9.17, 15) is 4.79 Å². The van der Waals surface area contributed by atoms with Crippen LogP contribution in [0.4, 0.5) is 10.7 Å². The molecule has 1 aromatic carbocycles. The molecule has 182 valence electrons. The van der Waals surface area contributed by atoms with E-state index in [-0.39, 0.29) is 12.1 Å². The van der Waals surface area contributed by atoms with Crippen LogP contribution in [0, 0.1) is 0 Å². The van der Waals surface area contributed by atoms with E-state index >= 15 is 0 Å². The number of benzene rings is 1. The van der Waals surface area contributed by atoms with Gasteiger partial charge in [0.1, 0.15) is 16.6 Å². The molecule has 2 aliphatic heterocycles. The number of rotatable bonds is 3. The fourth-order valence-corrected chi connectivity index (χ4v) is 4.63. The van der Waals surface area contributed by atoms with E-state index in [1.54, 1.807) is 11.1 Å². The highest BCUT2D eigenvalue weighted by Crippen LogP contribution is 2.30. The van der Waals surface area contributed by atoms with Crippen molar-refractivity contribution in [3.8, 4) is 11.5 Å². The van der Waals surface area contributed by atoms with Gasteiger partial charge in [0.15, 0.2) is 0 Å². The number of likely N-dealkylation sites (tertiary alicyclic amines) is 1. The van der Waals surface area contributed by atoms with Gasteiger partial charge in [-0.25, -0.2) is 9.78 Å². The molecular weight excluding hydrogens is 472 g/mol. The van der Waals surface area contributed by atoms with Gasteiger partial charge in [0.25, 0.3) is 11.8 Å². The molecule has 0 N–H and O–H groups in total. The molecule has 0 spiro atoms. The third kappa shape index (κ3) is 3.99. The Labute approximate surface area is 206 Å². The van der Waals surface area contributed by atoms with Gasteiger partial charge >= 0.3 is 6.09 Å². The van der Waals surface area contributed by atoms with Crippen LogP contribution in [0.3, 0.4) is 0 Å². The Balaban J connectivity index is 1.19. The molecule has 0 unspecified atom stereocenters. The molecule has 4 aromatic rings. The molecule has 0 bridgehead atoms. The van der Waals surface area contributed by atoms with Gasteiger partial charge in [-0.2, -0.15) is 10.1 Å². The number of fused-ring (bicyclic) bond motifs is 2. The third-order valence-corrected chi connectivity index (χ3v) is 6.52. The van der Waals surface area contributed by atoms with E-state index in [1.807, 2.05) is 59.3 Å². The van der Waals surface area contributed by atoms with Crippen LogP contribution in [-0.4, -0.2) is 65.7 Å². The summed E-state index contributed by atoms with van der Waals surface area (Å²) in [5.74, 6) is 1.83. The number of anilines is 1. The van der Waals surface area contributed by atoms with Crippen molar-refractivity contribution in [2.24, 2.45) is 0 Å². The SMILES string of the molecule is CC(C)(C)OC(=O)N1CC(n2ncc3ccc(-c4nc(N5CCn6c(Cl)cnc6C5)no4)cc32)C1. The second kappa shape index (κ2) is 7.98. The molecule has 0 atom stereocenters. The maximum absolute atomic E-state index is 12.3. The number of nitrogens with zero attached hydrogens (tertiary/aromatic N) is 8. The van der Waals surface area contributed by atoms with E-state index < -0.39 is 5.60 Å². The lowest BCUT2D eigenvalue weighted by Crippen LogP contribution is -2.52. The Morgan fingerprint density at radius 1 is 1.20 bits per heavy atom. The zero-order valence-electron chi connectivity index (χ0n) is 19.7. The fourth-order valence-electron chi connectivity index (χ4n) is 4.40. The molecule has 1 saturated heterocycles. The van der Waals surface area contributed by atoms with Crippen molar-refractivity contribution >= 4 is 34.5 Å². The maximum Gasteiger partial charge on any atom is 0.410 e. The van der Waals surface area contributed by atoms with Crippen molar-refractivity contribution in [3.63, 3.8) is 0 Å². The molecule has 1 fully saturated rings. The molecule has 1 amide bonds. The zero-order valence-corrected chi connectivity index (χ0v) is 20.4. The first-order valence-electron chi connectivity index (χ1n) is 11.5. The average molecular weight is 497 g/mol. The number of imidazole rings is 1. The lowest BCUT2D eigenvalue weighted by Gasteiger charge is -2.39. The Hall–Kier alpha value is -3.60. The number of halogens is 1. The highest BCUT2D eigenvalue weighted by molar-refractivity contribution is 6.29. The van der Waals surface area contributed by atoms with E-state index in [0.29, 0.717) is 49.7 Å². The first-order chi connectivity index (χ1) is 16.7. The minimum atomic E-state index is -0.513. The largest absolute Gasteiger partial charge is 0.444 e. The van der Waals surface area contributed by atoms with Crippen LogP contribution < -0.4 is 4.90 Å². The predicted octanol–water partition coefficient (Wildman–Crippen LogP) is 3.75. The Morgan fingerprint density at radius 3 is 2.83 bits per heavy atom. The summed E-state index contributed by atoms with van der Waals surface area (Å²) in [6.45, 7) is 8.68. The zero-order chi connectivity index (χ0) is 24.3. The molecule has 6 rings (SSSR count). The molecule has 0 aliphatic carbocycles. The lowest BCUT2D eigenvalue weighted by molar-refractivity contribution is 0.000158. The minimum Gasteiger partial charge on any atom is -0.444 e. The lowest BCUT2D eigenvalue weighted by atomic mass is 10.1. The monoisotopic (exact) mass is 496 g/mol. The molecule has 12 heteroatoms. The van der Waals surface area contributed by atoms with Crippen LogP contribution in [0.5, 0.6) is 0 Å². The maximum atomic E-state index is 12.3. The van der Waals surface area contributed by atoms with Gasteiger partial charge in [-0.3, -0.25) is 4.68 Å². The summed E-state index contributed by atoms with van der Waals surface area (Å²) in [7, 11) is 0. The third-order valence-electron chi connectivity index (χ3n) is 6.22. The van der Waals surface area contributed by atoms with E-state index in [1.165, 1.54) is 0 Å². The van der Waals surface area contributed by atoms with Crippen LogP contribution in [-0.2, 0) is 17.8 Å². The quantitative estimate of drug-likeness (QED) is 0.422. The summed E-state index contributed by atoms with van der Waals surface area (Å²) < 4.78 is 15.0. The highest BCUT2D eigenvalue weighted by Gasteiger charge is 2.36. The van der Waals surface area contributed by atoms with Crippen molar-refractivity contribution in [1.82, 2.24) is 34.4 Å². The van der Waals surface area contributed by atoms with Gasteiger partial charge in [-0.15, -0.1) is 0 Å². The smallest absolute Gasteiger partial charge is 0.410 e. The first kappa shape index (κ1) is 21.9. The molecule has 2 aliphatic rings. The number of ether oxygens (including phenoxy) is 1.